The summed E-state index contributed by atoms with van der Waals surface area (Å²) in [5.74, 6) is 0.778. The first-order valence-electron chi connectivity index (χ1n) is 4.43. The monoisotopic (exact) mass is 226 g/mol. The van der Waals surface area contributed by atoms with Crippen LogP contribution < -0.4 is 0 Å². The van der Waals surface area contributed by atoms with E-state index >= 15 is 0 Å². The SMILES string of the molecule is Cc1ccc2c(c1)C(O)/C(=C\Cl)CS2. The van der Waals surface area contributed by atoms with Crippen molar-refractivity contribution in [3.05, 3.63) is 40.4 Å². The van der Waals surface area contributed by atoms with Crippen LogP contribution in [-0.4, -0.2) is 10.9 Å². The quantitative estimate of drug-likeness (QED) is 0.733. The molecule has 0 fully saturated rings. The van der Waals surface area contributed by atoms with Crippen molar-refractivity contribution in [1.82, 2.24) is 0 Å². The van der Waals surface area contributed by atoms with E-state index in [1.165, 1.54) is 11.1 Å². The molecule has 74 valence electrons. The Labute approximate surface area is 92.8 Å². The van der Waals surface area contributed by atoms with E-state index in [-0.39, 0.29) is 0 Å². The minimum atomic E-state index is -0.524. The number of benzene rings is 1. The Morgan fingerprint density at radius 3 is 3.07 bits per heavy atom. The van der Waals surface area contributed by atoms with Crippen molar-refractivity contribution in [2.75, 3.05) is 5.75 Å². The van der Waals surface area contributed by atoms with Crippen LogP contribution in [0.3, 0.4) is 0 Å². The average Bonchev–Trinajstić information content (AvgIpc) is 2.20. The molecule has 1 aliphatic heterocycles. The van der Waals surface area contributed by atoms with Gasteiger partial charge in [0, 0.05) is 16.2 Å². The molecule has 1 unspecified atom stereocenters. The minimum absolute atomic E-state index is 0.524. The molecule has 1 aliphatic rings. The molecule has 3 heteroatoms. The first-order valence-corrected chi connectivity index (χ1v) is 5.85. The molecule has 1 atom stereocenters. The second kappa shape index (κ2) is 3.97. The lowest BCUT2D eigenvalue weighted by Crippen LogP contribution is -2.10. The molecule has 1 aromatic carbocycles. The van der Waals surface area contributed by atoms with Crippen LogP contribution in [0.15, 0.2) is 34.2 Å². The number of aliphatic hydroxyl groups is 1. The van der Waals surface area contributed by atoms with Crippen LogP contribution in [0, 0.1) is 6.92 Å². The minimum Gasteiger partial charge on any atom is -0.384 e. The molecule has 2 rings (SSSR count). The molecule has 0 amide bonds. The fraction of sp³-hybridized carbons (Fsp3) is 0.273. The standard InChI is InChI=1S/C11H11ClOS/c1-7-2-3-10-9(4-7)11(13)8(5-12)6-14-10/h2-5,11,13H,6H2,1H3/b8-5-. The van der Waals surface area contributed by atoms with Crippen molar-refractivity contribution in [2.45, 2.75) is 17.9 Å². The average molecular weight is 227 g/mol. The number of hydrogen-bond acceptors (Lipinski definition) is 2. The van der Waals surface area contributed by atoms with E-state index in [4.69, 9.17) is 11.6 Å². The Balaban J connectivity index is 2.48. The largest absolute Gasteiger partial charge is 0.384 e. The summed E-state index contributed by atoms with van der Waals surface area (Å²) in [5.41, 5.74) is 4.52. The molecular formula is C11H11ClOS. The van der Waals surface area contributed by atoms with Gasteiger partial charge < -0.3 is 5.11 Å². The molecular weight excluding hydrogens is 216 g/mol. The predicted molar refractivity (Wildman–Crippen MR) is 60.8 cm³/mol. The molecule has 1 heterocycles. The summed E-state index contributed by atoms with van der Waals surface area (Å²) in [5, 5.41) is 9.98. The third-order valence-electron chi connectivity index (χ3n) is 2.35. The van der Waals surface area contributed by atoms with Crippen LogP contribution in [0.2, 0.25) is 0 Å². The van der Waals surface area contributed by atoms with Crippen LogP contribution in [0.5, 0.6) is 0 Å². The van der Waals surface area contributed by atoms with Gasteiger partial charge in [-0.05, 0) is 24.1 Å². The molecule has 0 radical (unpaired) electrons. The molecule has 14 heavy (non-hydrogen) atoms. The summed E-state index contributed by atoms with van der Waals surface area (Å²) in [6.07, 6.45) is -0.524. The van der Waals surface area contributed by atoms with Gasteiger partial charge >= 0.3 is 0 Å². The lowest BCUT2D eigenvalue weighted by molar-refractivity contribution is 0.212. The zero-order chi connectivity index (χ0) is 10.1. The summed E-state index contributed by atoms with van der Waals surface area (Å²) < 4.78 is 0. The lowest BCUT2D eigenvalue weighted by Gasteiger charge is -2.23. The van der Waals surface area contributed by atoms with Crippen molar-refractivity contribution >= 4 is 23.4 Å². The van der Waals surface area contributed by atoms with Gasteiger partial charge in [-0.25, -0.2) is 0 Å². The summed E-state index contributed by atoms with van der Waals surface area (Å²) in [6, 6.07) is 6.14. The van der Waals surface area contributed by atoms with Crippen molar-refractivity contribution in [3.63, 3.8) is 0 Å². The van der Waals surface area contributed by atoms with Crippen LogP contribution in [0.1, 0.15) is 17.2 Å². The number of halogens is 1. The van der Waals surface area contributed by atoms with E-state index < -0.39 is 6.10 Å². The highest BCUT2D eigenvalue weighted by atomic mass is 35.5. The topological polar surface area (TPSA) is 20.2 Å². The van der Waals surface area contributed by atoms with Crippen molar-refractivity contribution in [1.29, 1.82) is 0 Å². The van der Waals surface area contributed by atoms with E-state index in [1.807, 2.05) is 13.0 Å². The van der Waals surface area contributed by atoms with E-state index in [0.717, 1.165) is 21.8 Å². The highest BCUT2D eigenvalue weighted by Crippen LogP contribution is 2.39. The maximum absolute atomic E-state index is 9.98. The first-order chi connectivity index (χ1) is 6.72. The van der Waals surface area contributed by atoms with Crippen molar-refractivity contribution in [2.24, 2.45) is 0 Å². The maximum Gasteiger partial charge on any atom is 0.103 e. The maximum atomic E-state index is 9.98. The van der Waals surface area contributed by atoms with Gasteiger partial charge in [-0.1, -0.05) is 29.3 Å². The summed E-state index contributed by atoms with van der Waals surface area (Å²) in [7, 11) is 0. The second-order valence-electron chi connectivity index (χ2n) is 3.42. The second-order valence-corrected chi connectivity index (χ2v) is 4.65. The number of hydrogen-bond donors (Lipinski definition) is 1. The summed E-state index contributed by atoms with van der Waals surface area (Å²) >= 11 is 7.37. The Morgan fingerprint density at radius 2 is 2.36 bits per heavy atom. The fourth-order valence-corrected chi connectivity index (χ4v) is 2.90. The molecule has 0 spiro atoms. The molecule has 0 bridgehead atoms. The van der Waals surface area contributed by atoms with Crippen LogP contribution in [0.4, 0.5) is 0 Å². The van der Waals surface area contributed by atoms with Crippen molar-refractivity contribution in [3.8, 4) is 0 Å². The smallest absolute Gasteiger partial charge is 0.103 e. The van der Waals surface area contributed by atoms with Gasteiger partial charge in [0.15, 0.2) is 0 Å². The zero-order valence-corrected chi connectivity index (χ0v) is 9.40. The van der Waals surface area contributed by atoms with E-state index in [0.29, 0.717) is 0 Å². The normalized spacial score (nSPS) is 23.6. The highest BCUT2D eigenvalue weighted by Gasteiger charge is 2.22. The fourth-order valence-electron chi connectivity index (χ4n) is 1.54. The third-order valence-corrected chi connectivity index (χ3v) is 3.79. The zero-order valence-electron chi connectivity index (χ0n) is 7.83. The number of aryl methyl sites for hydroxylation is 1. The van der Waals surface area contributed by atoms with E-state index in [1.54, 1.807) is 11.8 Å². The predicted octanol–water partition coefficient (Wildman–Crippen LogP) is 3.26. The molecule has 1 N–H and O–H groups in total. The van der Waals surface area contributed by atoms with Crippen LogP contribution >= 0.6 is 23.4 Å². The third kappa shape index (κ3) is 1.70. The van der Waals surface area contributed by atoms with Crippen LogP contribution in [0.25, 0.3) is 0 Å². The van der Waals surface area contributed by atoms with Crippen LogP contribution in [-0.2, 0) is 0 Å². The number of thioether (sulfide) groups is 1. The Morgan fingerprint density at radius 1 is 1.57 bits per heavy atom. The van der Waals surface area contributed by atoms with Gasteiger partial charge in [0.2, 0.25) is 0 Å². The number of rotatable bonds is 0. The van der Waals surface area contributed by atoms with Gasteiger partial charge in [-0.2, -0.15) is 0 Å². The van der Waals surface area contributed by atoms with E-state index in [2.05, 4.69) is 12.1 Å². The Kier molecular flexibility index (Phi) is 2.86. The molecule has 1 nitrogen and oxygen atoms in total. The van der Waals surface area contributed by atoms with Crippen molar-refractivity contribution < 1.29 is 5.11 Å². The molecule has 1 aromatic rings. The molecule has 0 aromatic heterocycles. The number of fused-ring (bicyclic) bond motifs is 1. The Hall–Kier alpha value is -0.440. The molecule has 0 saturated heterocycles. The van der Waals surface area contributed by atoms with E-state index in [9.17, 15) is 5.11 Å². The van der Waals surface area contributed by atoms with Gasteiger partial charge in [-0.3, -0.25) is 0 Å². The first kappa shape index (κ1) is 10.1. The lowest BCUT2D eigenvalue weighted by atomic mass is 10.0. The summed E-state index contributed by atoms with van der Waals surface area (Å²) in [6.45, 7) is 2.02. The van der Waals surface area contributed by atoms with Gasteiger partial charge in [-0.15, -0.1) is 11.8 Å². The van der Waals surface area contributed by atoms with Gasteiger partial charge in [0.1, 0.15) is 6.10 Å². The van der Waals surface area contributed by atoms with Gasteiger partial charge in [0.25, 0.3) is 0 Å². The Bertz CT molecular complexity index is 387. The van der Waals surface area contributed by atoms with Gasteiger partial charge in [0.05, 0.1) is 0 Å². The highest BCUT2D eigenvalue weighted by molar-refractivity contribution is 7.99. The summed E-state index contributed by atoms with van der Waals surface area (Å²) in [4.78, 5) is 1.16. The molecule has 0 aliphatic carbocycles. The molecule has 0 saturated carbocycles. The number of aliphatic hydroxyl groups excluding tert-OH is 1.